The number of aromatic amines is 1. The van der Waals surface area contributed by atoms with Gasteiger partial charge in [0, 0.05) is 17.3 Å². The van der Waals surface area contributed by atoms with Gasteiger partial charge in [-0.3, -0.25) is 5.10 Å². The van der Waals surface area contributed by atoms with Crippen molar-refractivity contribution in [1.82, 2.24) is 15.2 Å². The molecule has 0 saturated heterocycles. The highest BCUT2D eigenvalue weighted by Crippen LogP contribution is 2.27. The van der Waals surface area contributed by atoms with Gasteiger partial charge in [0.25, 0.3) is 0 Å². The van der Waals surface area contributed by atoms with E-state index in [1.807, 2.05) is 6.92 Å². The van der Waals surface area contributed by atoms with Crippen LogP contribution in [0.4, 0.5) is 5.69 Å². The van der Waals surface area contributed by atoms with E-state index in [0.717, 1.165) is 23.1 Å². The summed E-state index contributed by atoms with van der Waals surface area (Å²) in [6.45, 7) is 4.27. The zero-order chi connectivity index (χ0) is 13.9. The molecule has 4 heteroatoms. The first kappa shape index (κ1) is 13.2. The van der Waals surface area contributed by atoms with Gasteiger partial charge in [-0.1, -0.05) is 31.9 Å². The summed E-state index contributed by atoms with van der Waals surface area (Å²) in [4.78, 5) is 4.39. The number of rotatable bonds is 3. The monoisotopic (exact) mass is 270 g/mol. The van der Waals surface area contributed by atoms with Crippen molar-refractivity contribution in [3.63, 3.8) is 0 Å². The first-order chi connectivity index (χ1) is 9.70. The summed E-state index contributed by atoms with van der Waals surface area (Å²) in [6.07, 6.45) is 5.24. The van der Waals surface area contributed by atoms with Crippen molar-refractivity contribution in [1.29, 1.82) is 0 Å². The maximum absolute atomic E-state index is 4.39. The summed E-state index contributed by atoms with van der Waals surface area (Å²) >= 11 is 0. The lowest BCUT2D eigenvalue weighted by Gasteiger charge is -2.28. The molecule has 0 spiro atoms. The molecule has 1 fully saturated rings. The third kappa shape index (κ3) is 3.00. The van der Waals surface area contributed by atoms with E-state index >= 15 is 0 Å². The molecule has 20 heavy (non-hydrogen) atoms. The van der Waals surface area contributed by atoms with Gasteiger partial charge in [0.05, 0.1) is 0 Å². The Morgan fingerprint density at radius 3 is 2.95 bits per heavy atom. The number of H-pyrrole nitrogens is 1. The highest BCUT2D eigenvalue weighted by atomic mass is 15.2. The minimum Gasteiger partial charge on any atom is -0.382 e. The Balaban J connectivity index is 1.74. The largest absolute Gasteiger partial charge is 0.382 e. The molecule has 2 aromatic rings. The quantitative estimate of drug-likeness (QED) is 0.892. The molecule has 0 amide bonds. The van der Waals surface area contributed by atoms with E-state index in [1.54, 1.807) is 0 Å². The lowest BCUT2D eigenvalue weighted by molar-refractivity contribution is 0.358. The van der Waals surface area contributed by atoms with Crippen LogP contribution in [0.15, 0.2) is 24.3 Å². The number of hydrogen-bond donors (Lipinski definition) is 2. The zero-order valence-corrected chi connectivity index (χ0v) is 12.2. The average Bonchev–Trinajstić information content (AvgIpc) is 2.86. The Labute approximate surface area is 120 Å². The van der Waals surface area contributed by atoms with Gasteiger partial charge in [0.1, 0.15) is 5.82 Å². The van der Waals surface area contributed by atoms with Crippen LogP contribution >= 0.6 is 0 Å². The third-order valence-electron chi connectivity index (χ3n) is 4.03. The van der Waals surface area contributed by atoms with Crippen LogP contribution in [0.3, 0.4) is 0 Å². The molecule has 1 saturated carbocycles. The topological polar surface area (TPSA) is 53.6 Å². The third-order valence-corrected chi connectivity index (χ3v) is 4.03. The van der Waals surface area contributed by atoms with Gasteiger partial charge >= 0.3 is 0 Å². The van der Waals surface area contributed by atoms with Gasteiger partial charge in [-0.05, 0) is 37.8 Å². The number of aromatic nitrogens is 3. The van der Waals surface area contributed by atoms with E-state index in [0.29, 0.717) is 6.04 Å². The minimum absolute atomic E-state index is 0.600. The van der Waals surface area contributed by atoms with Gasteiger partial charge in [0.2, 0.25) is 0 Å². The van der Waals surface area contributed by atoms with Gasteiger partial charge in [-0.25, -0.2) is 4.98 Å². The maximum Gasteiger partial charge on any atom is 0.181 e. The summed E-state index contributed by atoms with van der Waals surface area (Å²) in [5.41, 5.74) is 2.23. The maximum atomic E-state index is 4.39. The molecule has 2 unspecified atom stereocenters. The smallest absolute Gasteiger partial charge is 0.181 e. The van der Waals surface area contributed by atoms with Crippen LogP contribution in [0.25, 0.3) is 11.4 Å². The molecule has 1 aromatic heterocycles. The number of aryl methyl sites for hydroxylation is 1. The van der Waals surface area contributed by atoms with Crippen LogP contribution in [-0.2, 0) is 0 Å². The number of hydrogen-bond acceptors (Lipinski definition) is 3. The molecule has 106 valence electrons. The molecule has 1 aliphatic carbocycles. The molecular weight excluding hydrogens is 248 g/mol. The molecule has 0 radical (unpaired) electrons. The van der Waals surface area contributed by atoms with Crippen molar-refractivity contribution in [2.45, 2.75) is 45.6 Å². The van der Waals surface area contributed by atoms with Gasteiger partial charge in [-0.2, -0.15) is 5.10 Å². The predicted octanol–water partition coefficient (Wildman–Crippen LogP) is 3.77. The SMILES string of the molecule is Cc1nc(-c2cccc(NC3CCCC(C)C3)c2)n[nH]1. The van der Waals surface area contributed by atoms with Gasteiger partial charge in [0.15, 0.2) is 5.82 Å². The Morgan fingerprint density at radius 1 is 1.30 bits per heavy atom. The van der Waals surface area contributed by atoms with Crippen molar-refractivity contribution in [2.75, 3.05) is 5.32 Å². The molecule has 4 nitrogen and oxygen atoms in total. The summed E-state index contributed by atoms with van der Waals surface area (Å²) < 4.78 is 0. The summed E-state index contributed by atoms with van der Waals surface area (Å²) in [7, 11) is 0. The highest BCUT2D eigenvalue weighted by Gasteiger charge is 2.18. The van der Waals surface area contributed by atoms with Gasteiger partial charge in [-0.15, -0.1) is 0 Å². The van der Waals surface area contributed by atoms with E-state index in [9.17, 15) is 0 Å². The average molecular weight is 270 g/mol. The van der Waals surface area contributed by atoms with Crippen LogP contribution < -0.4 is 5.32 Å². The Morgan fingerprint density at radius 2 is 2.20 bits per heavy atom. The molecule has 1 aliphatic rings. The second kappa shape index (κ2) is 5.65. The van der Waals surface area contributed by atoms with Crippen LogP contribution in [0.5, 0.6) is 0 Å². The lowest BCUT2D eigenvalue weighted by Crippen LogP contribution is -2.26. The van der Waals surface area contributed by atoms with E-state index in [2.05, 4.69) is 51.7 Å². The molecular formula is C16H22N4. The second-order valence-electron chi connectivity index (χ2n) is 5.94. The molecule has 0 aliphatic heterocycles. The van der Waals surface area contributed by atoms with Crippen LogP contribution in [-0.4, -0.2) is 21.2 Å². The highest BCUT2D eigenvalue weighted by molar-refractivity contribution is 5.62. The Kier molecular flexibility index (Phi) is 3.72. The predicted molar refractivity (Wildman–Crippen MR) is 81.6 cm³/mol. The molecule has 1 heterocycles. The normalized spacial score (nSPS) is 22.7. The molecule has 1 aromatic carbocycles. The van der Waals surface area contributed by atoms with Crippen molar-refractivity contribution >= 4 is 5.69 Å². The summed E-state index contributed by atoms with van der Waals surface area (Å²) in [5, 5.41) is 10.8. The van der Waals surface area contributed by atoms with Crippen molar-refractivity contribution in [3.8, 4) is 11.4 Å². The van der Waals surface area contributed by atoms with E-state index in [4.69, 9.17) is 0 Å². The molecule has 3 rings (SSSR count). The lowest BCUT2D eigenvalue weighted by atomic mass is 9.87. The fraction of sp³-hybridized carbons (Fsp3) is 0.500. The fourth-order valence-electron chi connectivity index (χ4n) is 3.02. The van der Waals surface area contributed by atoms with Crippen LogP contribution in [0.2, 0.25) is 0 Å². The van der Waals surface area contributed by atoms with Crippen LogP contribution in [0.1, 0.15) is 38.4 Å². The summed E-state index contributed by atoms with van der Waals surface area (Å²) in [6, 6.07) is 8.99. The van der Waals surface area contributed by atoms with Crippen LogP contribution in [0, 0.1) is 12.8 Å². The first-order valence-electron chi connectivity index (χ1n) is 7.46. The number of nitrogens with one attached hydrogen (secondary N) is 2. The molecule has 2 atom stereocenters. The standard InChI is InChI=1S/C16H22N4/c1-11-5-3-7-14(9-11)18-15-8-4-6-13(10-15)16-17-12(2)19-20-16/h4,6,8,10-11,14,18H,3,5,7,9H2,1-2H3,(H,17,19,20). The Hall–Kier alpha value is -1.84. The Bertz CT molecular complexity index is 575. The van der Waals surface area contributed by atoms with E-state index in [-0.39, 0.29) is 0 Å². The molecule has 0 bridgehead atoms. The minimum atomic E-state index is 0.600. The van der Waals surface area contributed by atoms with Gasteiger partial charge < -0.3 is 5.32 Å². The summed E-state index contributed by atoms with van der Waals surface area (Å²) in [5.74, 6) is 2.45. The van der Waals surface area contributed by atoms with E-state index < -0.39 is 0 Å². The van der Waals surface area contributed by atoms with Crippen molar-refractivity contribution in [2.24, 2.45) is 5.92 Å². The second-order valence-corrected chi connectivity index (χ2v) is 5.94. The van der Waals surface area contributed by atoms with E-state index in [1.165, 1.54) is 31.4 Å². The van der Waals surface area contributed by atoms with Crippen molar-refractivity contribution in [3.05, 3.63) is 30.1 Å². The number of anilines is 1. The molecule has 2 N–H and O–H groups in total. The number of benzene rings is 1. The zero-order valence-electron chi connectivity index (χ0n) is 12.2. The fourth-order valence-corrected chi connectivity index (χ4v) is 3.02. The first-order valence-corrected chi connectivity index (χ1v) is 7.46. The number of nitrogens with zero attached hydrogens (tertiary/aromatic N) is 2. The van der Waals surface area contributed by atoms with Crippen molar-refractivity contribution < 1.29 is 0 Å².